The van der Waals surface area contributed by atoms with Gasteiger partial charge in [-0.25, -0.2) is 0 Å². The van der Waals surface area contributed by atoms with Crippen molar-refractivity contribution in [3.05, 3.63) is 23.8 Å². The maximum Gasteiger partial charge on any atom is 0.231 e. The Balaban J connectivity index is 1.47. The van der Waals surface area contributed by atoms with Crippen molar-refractivity contribution in [1.29, 1.82) is 0 Å². The Morgan fingerprint density at radius 1 is 1.11 bits per heavy atom. The van der Waals surface area contributed by atoms with E-state index >= 15 is 0 Å². The molecule has 1 aliphatic heterocycles. The van der Waals surface area contributed by atoms with E-state index in [2.05, 4.69) is 17.4 Å². The minimum atomic E-state index is 0.366. The summed E-state index contributed by atoms with van der Waals surface area (Å²) in [5.74, 6) is 2.68. The van der Waals surface area contributed by atoms with Crippen molar-refractivity contribution < 1.29 is 9.47 Å². The van der Waals surface area contributed by atoms with E-state index < -0.39 is 0 Å². The molecule has 0 bridgehead atoms. The molecule has 1 aromatic rings. The van der Waals surface area contributed by atoms with E-state index in [1.54, 1.807) is 0 Å². The maximum absolute atomic E-state index is 5.47. The van der Waals surface area contributed by atoms with Crippen LogP contribution in [0.25, 0.3) is 0 Å². The molecule has 1 N–H and O–H groups in total. The van der Waals surface area contributed by atoms with Gasteiger partial charge in [0.25, 0.3) is 0 Å². The number of rotatable bonds is 5. The lowest BCUT2D eigenvalue weighted by Crippen LogP contribution is -2.42. The van der Waals surface area contributed by atoms with Crippen molar-refractivity contribution in [2.45, 2.75) is 50.6 Å². The van der Waals surface area contributed by atoms with Gasteiger partial charge in [-0.05, 0) is 55.7 Å². The zero-order valence-corrected chi connectivity index (χ0v) is 11.2. The van der Waals surface area contributed by atoms with Gasteiger partial charge in [0.15, 0.2) is 11.5 Å². The summed E-state index contributed by atoms with van der Waals surface area (Å²) in [5.41, 5.74) is 1.37. The molecule has 3 aliphatic rings. The van der Waals surface area contributed by atoms with Gasteiger partial charge in [0.05, 0.1) is 0 Å². The molecule has 3 nitrogen and oxygen atoms in total. The van der Waals surface area contributed by atoms with Gasteiger partial charge in [-0.3, -0.25) is 0 Å². The Labute approximate surface area is 114 Å². The second kappa shape index (κ2) is 4.71. The average Bonchev–Trinajstić information content (AvgIpc) is 3.03. The van der Waals surface area contributed by atoms with Crippen molar-refractivity contribution in [3.63, 3.8) is 0 Å². The summed E-state index contributed by atoms with van der Waals surface area (Å²) < 4.78 is 10.8. The molecule has 0 aromatic heterocycles. The average molecular weight is 259 g/mol. The molecular weight excluding hydrogens is 238 g/mol. The van der Waals surface area contributed by atoms with Gasteiger partial charge in [-0.2, -0.15) is 0 Å². The Morgan fingerprint density at radius 3 is 2.68 bits per heavy atom. The van der Waals surface area contributed by atoms with Crippen LogP contribution in [0.1, 0.15) is 37.7 Å². The second-order valence-corrected chi connectivity index (χ2v) is 6.13. The van der Waals surface area contributed by atoms with Gasteiger partial charge in [0, 0.05) is 12.1 Å². The summed E-state index contributed by atoms with van der Waals surface area (Å²) in [7, 11) is 0. The summed E-state index contributed by atoms with van der Waals surface area (Å²) in [5, 5.41) is 3.84. The number of ether oxygens (including phenoxy) is 2. The van der Waals surface area contributed by atoms with Crippen LogP contribution < -0.4 is 14.8 Å². The highest BCUT2D eigenvalue weighted by Gasteiger charge is 2.32. The molecule has 102 valence electrons. The van der Waals surface area contributed by atoms with Crippen molar-refractivity contribution >= 4 is 0 Å². The lowest BCUT2D eigenvalue weighted by Gasteiger charge is -2.34. The molecule has 1 aromatic carbocycles. The number of nitrogens with one attached hydrogen (secondary N) is 1. The van der Waals surface area contributed by atoms with Gasteiger partial charge in [0.1, 0.15) is 0 Å². The van der Waals surface area contributed by atoms with Crippen LogP contribution in [0, 0.1) is 5.92 Å². The number of hydrogen-bond donors (Lipinski definition) is 1. The predicted molar refractivity (Wildman–Crippen MR) is 73.6 cm³/mol. The number of benzene rings is 1. The molecular formula is C16H21NO2. The topological polar surface area (TPSA) is 30.5 Å². The van der Waals surface area contributed by atoms with Gasteiger partial charge in [-0.1, -0.05) is 12.5 Å². The quantitative estimate of drug-likeness (QED) is 0.882. The van der Waals surface area contributed by atoms with Gasteiger partial charge >= 0.3 is 0 Å². The Bertz CT molecular complexity index is 466. The van der Waals surface area contributed by atoms with Crippen LogP contribution >= 0.6 is 0 Å². The van der Waals surface area contributed by atoms with Gasteiger partial charge in [0.2, 0.25) is 6.79 Å². The van der Waals surface area contributed by atoms with Crippen molar-refractivity contribution in [1.82, 2.24) is 5.32 Å². The van der Waals surface area contributed by atoms with Crippen LogP contribution in [0.2, 0.25) is 0 Å². The first-order valence-electron chi connectivity index (χ1n) is 7.53. The van der Waals surface area contributed by atoms with Crippen LogP contribution in [0.3, 0.4) is 0 Å². The van der Waals surface area contributed by atoms with E-state index in [0.29, 0.717) is 12.8 Å². The maximum atomic E-state index is 5.47. The van der Waals surface area contributed by atoms with E-state index in [9.17, 15) is 0 Å². The highest BCUT2D eigenvalue weighted by atomic mass is 16.7. The number of hydrogen-bond acceptors (Lipinski definition) is 3. The third-order valence-electron chi connectivity index (χ3n) is 4.64. The first-order chi connectivity index (χ1) is 9.38. The molecule has 19 heavy (non-hydrogen) atoms. The third kappa shape index (κ3) is 2.44. The fraction of sp³-hybridized carbons (Fsp3) is 0.625. The molecule has 2 aliphatic carbocycles. The zero-order chi connectivity index (χ0) is 12.7. The summed E-state index contributed by atoms with van der Waals surface area (Å²) in [6.45, 7) is 0.366. The Hall–Kier alpha value is -1.22. The second-order valence-electron chi connectivity index (χ2n) is 6.13. The molecule has 0 radical (unpaired) electrons. The molecule has 1 atom stereocenters. The minimum absolute atomic E-state index is 0.366. The molecule has 3 heteroatoms. The third-order valence-corrected chi connectivity index (χ3v) is 4.64. The van der Waals surface area contributed by atoms with Crippen LogP contribution in [-0.4, -0.2) is 18.9 Å². The molecule has 2 fully saturated rings. The van der Waals surface area contributed by atoms with Crippen LogP contribution in [0.4, 0.5) is 0 Å². The lowest BCUT2D eigenvalue weighted by molar-refractivity contribution is 0.174. The molecule has 4 rings (SSSR count). The van der Waals surface area contributed by atoms with Crippen LogP contribution in [-0.2, 0) is 6.42 Å². The summed E-state index contributed by atoms with van der Waals surface area (Å²) in [6, 6.07) is 7.84. The fourth-order valence-corrected chi connectivity index (χ4v) is 3.08. The summed E-state index contributed by atoms with van der Waals surface area (Å²) in [6.07, 6.45) is 8.06. The minimum Gasteiger partial charge on any atom is -0.454 e. The fourth-order valence-electron chi connectivity index (χ4n) is 3.08. The largest absolute Gasteiger partial charge is 0.454 e. The van der Waals surface area contributed by atoms with Crippen molar-refractivity contribution in [3.8, 4) is 11.5 Å². The summed E-state index contributed by atoms with van der Waals surface area (Å²) >= 11 is 0. The standard InChI is InChI=1S/C16H21NO2/c1-2-12(3-1)14(17-13-5-6-13)8-11-4-7-15-16(9-11)19-10-18-15/h4,7,9,12-14,17H,1-3,5-6,8,10H2. The van der Waals surface area contributed by atoms with Crippen molar-refractivity contribution in [2.24, 2.45) is 5.92 Å². The van der Waals surface area contributed by atoms with Gasteiger partial charge < -0.3 is 14.8 Å². The lowest BCUT2D eigenvalue weighted by atomic mass is 9.77. The molecule has 0 spiro atoms. The van der Waals surface area contributed by atoms with Gasteiger partial charge in [-0.15, -0.1) is 0 Å². The highest BCUT2D eigenvalue weighted by Crippen LogP contribution is 2.36. The van der Waals surface area contributed by atoms with E-state index in [4.69, 9.17) is 9.47 Å². The normalized spacial score (nSPS) is 23.2. The SMILES string of the molecule is c1cc2c(cc1CC(NC1CC1)C1CCC1)OCO2. The highest BCUT2D eigenvalue weighted by molar-refractivity contribution is 5.44. The molecule has 2 saturated carbocycles. The van der Waals surface area contributed by atoms with E-state index in [-0.39, 0.29) is 0 Å². The van der Waals surface area contributed by atoms with Crippen molar-refractivity contribution in [2.75, 3.05) is 6.79 Å². The van der Waals surface area contributed by atoms with E-state index in [1.807, 2.05) is 6.07 Å². The van der Waals surface area contributed by atoms with Crippen LogP contribution in [0.5, 0.6) is 11.5 Å². The molecule has 1 unspecified atom stereocenters. The monoisotopic (exact) mass is 259 g/mol. The predicted octanol–water partition coefficient (Wildman–Crippen LogP) is 2.88. The first kappa shape index (κ1) is 11.6. The molecule has 1 heterocycles. The number of fused-ring (bicyclic) bond motifs is 1. The molecule has 0 saturated heterocycles. The smallest absolute Gasteiger partial charge is 0.231 e. The van der Waals surface area contributed by atoms with E-state index in [0.717, 1.165) is 29.9 Å². The Morgan fingerprint density at radius 2 is 1.95 bits per heavy atom. The zero-order valence-electron chi connectivity index (χ0n) is 11.2. The first-order valence-corrected chi connectivity index (χ1v) is 7.53. The van der Waals surface area contributed by atoms with E-state index in [1.165, 1.54) is 37.7 Å². The van der Waals surface area contributed by atoms with Crippen LogP contribution in [0.15, 0.2) is 18.2 Å². The Kier molecular flexibility index (Phi) is 2.87. The summed E-state index contributed by atoms with van der Waals surface area (Å²) in [4.78, 5) is 0. The molecule has 0 amide bonds.